The molecule has 0 unspecified atom stereocenters. The van der Waals surface area contributed by atoms with Crippen molar-refractivity contribution < 1.29 is 10.2 Å². The number of rotatable bonds is 6. The third-order valence-corrected chi connectivity index (χ3v) is 5.56. The fourth-order valence-corrected chi connectivity index (χ4v) is 3.87. The lowest BCUT2D eigenvalue weighted by Crippen LogP contribution is -2.28. The van der Waals surface area contributed by atoms with Gasteiger partial charge < -0.3 is 15.5 Å². The van der Waals surface area contributed by atoms with E-state index in [0.717, 1.165) is 11.1 Å². The summed E-state index contributed by atoms with van der Waals surface area (Å²) in [4.78, 5) is 17.5. The van der Waals surface area contributed by atoms with Gasteiger partial charge in [0.05, 0.1) is 30.0 Å². The Balaban J connectivity index is 2.08. The molecule has 0 aliphatic heterocycles. The van der Waals surface area contributed by atoms with Gasteiger partial charge in [-0.3, -0.25) is 9.36 Å². The van der Waals surface area contributed by atoms with Crippen molar-refractivity contribution in [3.05, 3.63) is 87.1 Å². The molecule has 0 aliphatic rings. The van der Waals surface area contributed by atoms with Crippen LogP contribution in [0, 0.1) is 0 Å². The largest absolute Gasteiger partial charge is 0.394 e. The van der Waals surface area contributed by atoms with Crippen molar-refractivity contribution in [1.82, 2.24) is 9.55 Å². The number of nitrogens with zero attached hydrogens (tertiary/aromatic N) is 2. The minimum atomic E-state index is -0.617. The molecule has 4 aromatic rings. The summed E-state index contributed by atoms with van der Waals surface area (Å²) in [5.41, 5.74) is 2.07. The molecule has 2 aromatic carbocycles. The van der Waals surface area contributed by atoms with Crippen LogP contribution in [0.15, 0.2) is 71.5 Å². The normalized spacial score (nSPS) is 11.3. The summed E-state index contributed by atoms with van der Waals surface area (Å²) in [5.74, 6) is 0.377. The number of hydrogen-bond donors (Lipinski definition) is 3. The molecule has 0 aliphatic carbocycles. The molecule has 31 heavy (non-hydrogen) atoms. The molecule has 3 N–H and O–H groups in total. The zero-order chi connectivity index (χ0) is 22.0. The summed E-state index contributed by atoms with van der Waals surface area (Å²) >= 11 is 12.9. The average Bonchev–Trinajstić information content (AvgIpc) is 2.78. The lowest BCUT2D eigenvalue weighted by atomic mass is 10.0. The highest BCUT2D eigenvalue weighted by molar-refractivity contribution is 6.34. The van der Waals surface area contributed by atoms with Crippen LogP contribution in [0.25, 0.3) is 27.8 Å². The first kappa shape index (κ1) is 21.3. The zero-order valence-corrected chi connectivity index (χ0v) is 17.8. The molecule has 0 fully saturated rings. The Morgan fingerprint density at radius 3 is 2.26 bits per heavy atom. The van der Waals surface area contributed by atoms with Crippen LogP contribution in [0.4, 0.5) is 5.82 Å². The third-order valence-electron chi connectivity index (χ3n) is 4.91. The van der Waals surface area contributed by atoms with Gasteiger partial charge in [0, 0.05) is 22.0 Å². The second kappa shape index (κ2) is 9.08. The van der Waals surface area contributed by atoms with Crippen LogP contribution in [-0.2, 0) is 0 Å². The molecule has 0 radical (unpaired) electrons. The van der Waals surface area contributed by atoms with Crippen molar-refractivity contribution in [2.75, 3.05) is 18.5 Å². The number of aliphatic hydroxyl groups is 2. The van der Waals surface area contributed by atoms with Gasteiger partial charge in [-0.2, -0.15) is 0 Å². The molecule has 4 rings (SSSR count). The smallest absolute Gasteiger partial charge is 0.256 e. The van der Waals surface area contributed by atoms with E-state index in [4.69, 9.17) is 23.2 Å². The maximum absolute atomic E-state index is 12.9. The highest BCUT2D eigenvalue weighted by Gasteiger charge is 2.17. The van der Waals surface area contributed by atoms with E-state index in [1.54, 1.807) is 42.5 Å². The monoisotopic (exact) mass is 455 g/mol. The minimum absolute atomic E-state index is 0.288. The number of aromatic nitrogens is 2. The van der Waals surface area contributed by atoms with Crippen LogP contribution >= 0.6 is 23.2 Å². The van der Waals surface area contributed by atoms with Crippen LogP contribution in [-0.4, -0.2) is 39.0 Å². The van der Waals surface area contributed by atoms with Gasteiger partial charge in [0.2, 0.25) is 0 Å². The molecule has 0 spiro atoms. The van der Waals surface area contributed by atoms with Crippen molar-refractivity contribution in [3.8, 4) is 16.8 Å². The number of nitrogens with one attached hydrogen (secondary N) is 1. The van der Waals surface area contributed by atoms with E-state index in [0.29, 0.717) is 32.6 Å². The summed E-state index contributed by atoms with van der Waals surface area (Å²) in [6.45, 7) is -0.576. The van der Waals surface area contributed by atoms with Crippen LogP contribution in [0.2, 0.25) is 10.0 Å². The number of anilines is 1. The fraction of sp³-hybridized carbons (Fsp3) is 0.130. The van der Waals surface area contributed by atoms with Gasteiger partial charge in [0.15, 0.2) is 0 Å². The molecule has 2 heterocycles. The van der Waals surface area contributed by atoms with Crippen LogP contribution in [0.1, 0.15) is 0 Å². The molecule has 0 atom stereocenters. The highest BCUT2D eigenvalue weighted by atomic mass is 35.5. The first-order valence-corrected chi connectivity index (χ1v) is 10.3. The summed E-state index contributed by atoms with van der Waals surface area (Å²) in [7, 11) is 0. The first-order valence-electron chi connectivity index (χ1n) is 9.58. The number of halogens is 2. The predicted octanol–water partition coefficient (Wildman–Crippen LogP) is 4.12. The number of hydrogen-bond acceptors (Lipinski definition) is 5. The van der Waals surface area contributed by atoms with Gasteiger partial charge in [-0.15, -0.1) is 0 Å². The lowest BCUT2D eigenvalue weighted by molar-refractivity contribution is 0.203. The third kappa shape index (κ3) is 4.16. The number of para-hydroxylation sites is 1. The standard InChI is InChI=1S/C23H19Cl2N3O3/c24-18-6-2-1-5-15(18)17-11-21(26-14(12-29)13-30)27-23-16(17)9-10-22(31)28(23)20-8-4-3-7-19(20)25/h1-11,14,29-30H,12-13H2,(H,26,27). The quantitative estimate of drug-likeness (QED) is 0.406. The molecule has 8 heteroatoms. The van der Waals surface area contributed by atoms with Gasteiger partial charge in [0.1, 0.15) is 11.5 Å². The molecule has 0 bridgehead atoms. The van der Waals surface area contributed by atoms with E-state index in [1.807, 2.05) is 18.2 Å². The Bertz CT molecular complexity index is 1300. The fourth-order valence-electron chi connectivity index (χ4n) is 3.41. The van der Waals surface area contributed by atoms with Crippen molar-refractivity contribution >= 4 is 40.1 Å². The number of fused-ring (bicyclic) bond motifs is 1. The first-order chi connectivity index (χ1) is 15.0. The molecule has 2 aromatic heterocycles. The van der Waals surface area contributed by atoms with Crippen molar-refractivity contribution in [2.45, 2.75) is 6.04 Å². The highest BCUT2D eigenvalue weighted by Crippen LogP contribution is 2.35. The van der Waals surface area contributed by atoms with Gasteiger partial charge in [-0.05, 0) is 35.9 Å². The van der Waals surface area contributed by atoms with Crippen LogP contribution in [0.5, 0.6) is 0 Å². The van der Waals surface area contributed by atoms with Gasteiger partial charge in [-0.1, -0.05) is 53.5 Å². The topological polar surface area (TPSA) is 87.4 Å². The molecule has 0 saturated carbocycles. The van der Waals surface area contributed by atoms with E-state index >= 15 is 0 Å². The molecule has 0 saturated heterocycles. The SMILES string of the molecule is O=c1ccc2c(-c3ccccc3Cl)cc(NC(CO)CO)nc2n1-c1ccccc1Cl. The minimum Gasteiger partial charge on any atom is -0.394 e. The average molecular weight is 456 g/mol. The van der Waals surface area contributed by atoms with Gasteiger partial charge in [0.25, 0.3) is 5.56 Å². The van der Waals surface area contributed by atoms with Gasteiger partial charge >= 0.3 is 0 Å². The molecular formula is C23H19Cl2N3O3. The summed E-state index contributed by atoms with van der Waals surface area (Å²) in [6, 6.07) is 18.7. The van der Waals surface area contributed by atoms with Gasteiger partial charge in [-0.25, -0.2) is 4.98 Å². The summed E-state index contributed by atoms with van der Waals surface area (Å²) in [5, 5.41) is 23.6. The van der Waals surface area contributed by atoms with E-state index in [1.165, 1.54) is 10.6 Å². The maximum Gasteiger partial charge on any atom is 0.256 e. The Kier molecular flexibility index (Phi) is 6.25. The Labute approximate surface area is 188 Å². The molecule has 0 amide bonds. The van der Waals surface area contributed by atoms with Crippen molar-refractivity contribution in [2.24, 2.45) is 0 Å². The maximum atomic E-state index is 12.9. The lowest BCUT2D eigenvalue weighted by Gasteiger charge is -2.19. The summed E-state index contributed by atoms with van der Waals surface area (Å²) < 4.78 is 1.44. The molecule has 6 nitrogen and oxygen atoms in total. The second-order valence-electron chi connectivity index (χ2n) is 6.94. The number of benzene rings is 2. The Morgan fingerprint density at radius 2 is 1.58 bits per heavy atom. The molecular weight excluding hydrogens is 437 g/mol. The zero-order valence-electron chi connectivity index (χ0n) is 16.3. The van der Waals surface area contributed by atoms with Crippen LogP contribution < -0.4 is 10.9 Å². The van der Waals surface area contributed by atoms with E-state index in [2.05, 4.69) is 10.3 Å². The number of aliphatic hydroxyl groups excluding tert-OH is 2. The van der Waals surface area contributed by atoms with Crippen molar-refractivity contribution in [3.63, 3.8) is 0 Å². The van der Waals surface area contributed by atoms with E-state index in [-0.39, 0.29) is 18.8 Å². The Morgan fingerprint density at radius 1 is 0.903 bits per heavy atom. The second-order valence-corrected chi connectivity index (χ2v) is 7.75. The predicted molar refractivity (Wildman–Crippen MR) is 124 cm³/mol. The van der Waals surface area contributed by atoms with Crippen LogP contribution in [0.3, 0.4) is 0 Å². The number of pyridine rings is 2. The van der Waals surface area contributed by atoms with E-state index < -0.39 is 6.04 Å². The molecule has 158 valence electrons. The van der Waals surface area contributed by atoms with Crippen molar-refractivity contribution in [1.29, 1.82) is 0 Å². The summed E-state index contributed by atoms with van der Waals surface area (Å²) in [6.07, 6.45) is 0. The van der Waals surface area contributed by atoms with E-state index in [9.17, 15) is 15.0 Å². The Hall–Kier alpha value is -2.90.